The minimum absolute atomic E-state index is 0.0110. The van der Waals surface area contributed by atoms with E-state index < -0.39 is 0 Å². The van der Waals surface area contributed by atoms with Crippen molar-refractivity contribution in [3.8, 4) is 11.4 Å². The Labute approximate surface area is 218 Å². The van der Waals surface area contributed by atoms with Gasteiger partial charge in [-0.2, -0.15) is 0 Å². The van der Waals surface area contributed by atoms with E-state index >= 15 is 0 Å². The molecule has 2 aromatic carbocycles. The van der Waals surface area contributed by atoms with E-state index in [4.69, 9.17) is 9.73 Å². The summed E-state index contributed by atoms with van der Waals surface area (Å²) < 4.78 is 7.47. The molecule has 7 heteroatoms. The zero-order chi connectivity index (χ0) is 25.8. The monoisotopic (exact) mass is 502 g/mol. The van der Waals surface area contributed by atoms with Crippen LogP contribution in [0.3, 0.4) is 0 Å². The van der Waals surface area contributed by atoms with Gasteiger partial charge in [0.25, 0.3) is 5.91 Å². The second-order valence-electron chi connectivity index (χ2n) is 8.60. The van der Waals surface area contributed by atoms with Crippen molar-refractivity contribution in [1.29, 1.82) is 0 Å². The Morgan fingerprint density at radius 1 is 1.00 bits per heavy atom. The molecule has 0 unspecified atom stereocenters. The highest BCUT2D eigenvalue weighted by Crippen LogP contribution is 2.35. The van der Waals surface area contributed by atoms with Crippen LogP contribution in [0.5, 0.6) is 5.75 Å². The maximum atomic E-state index is 13.2. The Bertz CT molecular complexity index is 1290. The van der Waals surface area contributed by atoms with Gasteiger partial charge in [-0.1, -0.05) is 0 Å². The van der Waals surface area contributed by atoms with Crippen LogP contribution in [-0.4, -0.2) is 47.3 Å². The van der Waals surface area contributed by atoms with Gasteiger partial charge in [-0.3, -0.25) is 9.69 Å². The molecular weight excluding hydrogens is 468 g/mol. The lowest BCUT2D eigenvalue weighted by atomic mass is 10.2. The zero-order valence-electron chi connectivity index (χ0n) is 21.9. The number of anilines is 1. The Hall–Kier alpha value is -3.45. The summed E-state index contributed by atoms with van der Waals surface area (Å²) in [6.07, 6.45) is 2.00. The second kappa shape index (κ2) is 11.1. The van der Waals surface area contributed by atoms with E-state index in [1.165, 1.54) is 17.4 Å². The fourth-order valence-corrected chi connectivity index (χ4v) is 5.56. The number of aliphatic imine (C=N–C) groups is 1. The minimum Gasteiger partial charge on any atom is -0.497 e. The molecule has 1 saturated heterocycles. The summed E-state index contributed by atoms with van der Waals surface area (Å²) in [7, 11) is 1.64. The lowest BCUT2D eigenvalue weighted by Crippen LogP contribution is -2.28. The molecule has 0 atom stereocenters. The third kappa shape index (κ3) is 5.07. The number of carbonyl (C=O) groups excluding carboxylic acids is 1. The number of amides is 1. The second-order valence-corrected chi connectivity index (χ2v) is 9.61. The number of aryl methyl sites for hydroxylation is 1. The maximum absolute atomic E-state index is 13.2. The molecule has 0 aliphatic carbocycles. The number of benzene rings is 2. The van der Waals surface area contributed by atoms with E-state index in [2.05, 4.69) is 67.5 Å². The SMILES string of the molecule is CCN1C(=O)/C(=C\c2cc(C)n(-c3ccc(N(CC)CC)cc3)c2C)SC1=Nc1ccc(OC)cc1. The Kier molecular flexibility index (Phi) is 7.89. The zero-order valence-corrected chi connectivity index (χ0v) is 22.7. The highest BCUT2D eigenvalue weighted by atomic mass is 32.2. The number of thioether (sulfide) groups is 1. The van der Waals surface area contributed by atoms with E-state index in [0.717, 1.165) is 47.2 Å². The van der Waals surface area contributed by atoms with Gasteiger partial charge in [0.1, 0.15) is 5.75 Å². The molecule has 0 bridgehead atoms. The van der Waals surface area contributed by atoms with Crippen molar-refractivity contribution < 1.29 is 9.53 Å². The van der Waals surface area contributed by atoms with Gasteiger partial charge >= 0.3 is 0 Å². The number of amidine groups is 1. The lowest BCUT2D eigenvalue weighted by molar-refractivity contribution is -0.122. The summed E-state index contributed by atoms with van der Waals surface area (Å²) in [6, 6.07) is 18.4. The van der Waals surface area contributed by atoms with E-state index in [1.54, 1.807) is 12.0 Å². The molecule has 1 aliphatic rings. The van der Waals surface area contributed by atoms with Crippen LogP contribution in [0, 0.1) is 13.8 Å². The number of rotatable bonds is 8. The van der Waals surface area contributed by atoms with E-state index in [-0.39, 0.29) is 5.91 Å². The third-order valence-electron chi connectivity index (χ3n) is 6.49. The molecule has 3 aromatic rings. The average molecular weight is 503 g/mol. The molecule has 0 radical (unpaired) electrons. The van der Waals surface area contributed by atoms with Crippen LogP contribution in [0.25, 0.3) is 11.8 Å². The molecule has 1 fully saturated rings. The molecule has 188 valence electrons. The highest BCUT2D eigenvalue weighted by Gasteiger charge is 2.32. The van der Waals surface area contributed by atoms with E-state index in [1.807, 2.05) is 37.3 Å². The number of hydrogen-bond donors (Lipinski definition) is 0. The first-order valence-electron chi connectivity index (χ1n) is 12.4. The number of likely N-dealkylation sites (N-methyl/N-ethyl adjacent to an activating group) is 1. The molecule has 1 aliphatic heterocycles. The van der Waals surface area contributed by atoms with Gasteiger partial charge in [0.05, 0.1) is 17.7 Å². The molecule has 1 amide bonds. The van der Waals surface area contributed by atoms with Crippen LogP contribution in [0.2, 0.25) is 0 Å². The van der Waals surface area contributed by atoms with Crippen LogP contribution in [0.1, 0.15) is 37.7 Å². The Morgan fingerprint density at radius 3 is 2.25 bits per heavy atom. The van der Waals surface area contributed by atoms with Gasteiger partial charge < -0.3 is 14.2 Å². The molecule has 6 nitrogen and oxygen atoms in total. The maximum Gasteiger partial charge on any atom is 0.266 e. The third-order valence-corrected chi connectivity index (χ3v) is 7.50. The van der Waals surface area contributed by atoms with E-state index in [9.17, 15) is 4.79 Å². The standard InChI is InChI=1S/C29H34N4O2S/c1-7-31(8-2)24-12-14-25(15-13-24)33-20(4)18-22(21(33)5)19-27-28(34)32(9-3)29(36-27)30-23-10-16-26(35-6)17-11-23/h10-19H,7-9H2,1-6H3/b27-19+,30-29?. The first-order valence-corrected chi connectivity index (χ1v) is 13.2. The van der Waals surface area contributed by atoms with Gasteiger partial charge in [-0.25, -0.2) is 4.99 Å². The van der Waals surface area contributed by atoms with Crippen molar-refractivity contribution in [2.45, 2.75) is 34.6 Å². The normalized spacial score (nSPS) is 15.8. The Balaban J connectivity index is 1.63. The number of hydrogen-bond acceptors (Lipinski definition) is 5. The summed E-state index contributed by atoms with van der Waals surface area (Å²) in [5.74, 6) is 0.767. The van der Waals surface area contributed by atoms with Crippen molar-refractivity contribution in [3.63, 3.8) is 0 Å². The lowest BCUT2D eigenvalue weighted by Gasteiger charge is -2.21. The molecule has 36 heavy (non-hydrogen) atoms. The summed E-state index contributed by atoms with van der Waals surface area (Å²) in [5, 5.41) is 0.694. The van der Waals surface area contributed by atoms with Crippen molar-refractivity contribution in [2.75, 3.05) is 31.6 Å². The fourth-order valence-electron chi connectivity index (χ4n) is 4.51. The summed E-state index contributed by atoms with van der Waals surface area (Å²) in [4.78, 5) is 22.7. The first-order chi connectivity index (χ1) is 17.4. The van der Waals surface area contributed by atoms with Crippen molar-refractivity contribution in [3.05, 3.63) is 76.5 Å². The van der Waals surface area contributed by atoms with E-state index in [0.29, 0.717) is 16.6 Å². The Morgan fingerprint density at radius 2 is 1.67 bits per heavy atom. The highest BCUT2D eigenvalue weighted by molar-refractivity contribution is 8.18. The molecule has 2 heterocycles. The fraction of sp³-hybridized carbons (Fsp3) is 0.310. The largest absolute Gasteiger partial charge is 0.497 e. The summed E-state index contributed by atoms with van der Waals surface area (Å²) in [5.41, 5.74) is 6.41. The van der Waals surface area contributed by atoms with Crippen LogP contribution in [0.4, 0.5) is 11.4 Å². The van der Waals surface area contributed by atoms with Crippen molar-refractivity contribution >= 4 is 40.3 Å². The topological polar surface area (TPSA) is 50.1 Å². The number of nitrogens with zero attached hydrogens (tertiary/aromatic N) is 4. The van der Waals surface area contributed by atoms with Crippen LogP contribution < -0.4 is 9.64 Å². The molecule has 1 aromatic heterocycles. The van der Waals surface area contributed by atoms with Crippen LogP contribution in [-0.2, 0) is 4.79 Å². The number of aromatic nitrogens is 1. The van der Waals surface area contributed by atoms with Crippen LogP contribution >= 0.6 is 11.8 Å². The molecular formula is C29H34N4O2S. The van der Waals surface area contributed by atoms with Crippen molar-refractivity contribution in [2.24, 2.45) is 4.99 Å². The number of carbonyl (C=O) groups is 1. The minimum atomic E-state index is -0.0110. The average Bonchev–Trinajstić information content (AvgIpc) is 3.34. The molecule has 0 spiro atoms. The summed E-state index contributed by atoms with van der Waals surface area (Å²) >= 11 is 1.42. The van der Waals surface area contributed by atoms with Gasteiger partial charge in [0.2, 0.25) is 0 Å². The van der Waals surface area contributed by atoms with Crippen LogP contribution in [0.15, 0.2) is 64.5 Å². The van der Waals surface area contributed by atoms with Gasteiger partial charge in [-0.15, -0.1) is 0 Å². The van der Waals surface area contributed by atoms with Crippen molar-refractivity contribution in [1.82, 2.24) is 9.47 Å². The van der Waals surface area contributed by atoms with Gasteiger partial charge in [0.15, 0.2) is 5.17 Å². The molecule has 4 rings (SSSR count). The smallest absolute Gasteiger partial charge is 0.266 e. The number of methoxy groups -OCH3 is 1. The predicted molar refractivity (Wildman–Crippen MR) is 152 cm³/mol. The summed E-state index contributed by atoms with van der Waals surface area (Å²) in [6.45, 7) is 13.1. The number of ether oxygens (including phenoxy) is 1. The predicted octanol–water partition coefficient (Wildman–Crippen LogP) is 6.57. The van der Waals surface area contributed by atoms with Gasteiger partial charge in [0, 0.05) is 42.4 Å². The molecule has 0 N–H and O–H groups in total. The van der Waals surface area contributed by atoms with Gasteiger partial charge in [-0.05, 0) is 113 Å². The molecule has 0 saturated carbocycles. The quantitative estimate of drug-likeness (QED) is 0.327. The first kappa shape index (κ1) is 25.6.